The molecule has 0 spiro atoms. The van der Waals surface area contributed by atoms with Crippen molar-refractivity contribution in [3.8, 4) is 5.75 Å². The van der Waals surface area contributed by atoms with Gasteiger partial charge in [-0.25, -0.2) is 10.2 Å². The van der Waals surface area contributed by atoms with Crippen LogP contribution in [0.2, 0.25) is 0 Å². The molecule has 0 radical (unpaired) electrons. The molecule has 4 N–H and O–H groups in total. The summed E-state index contributed by atoms with van der Waals surface area (Å²) in [4.78, 5) is 11.8. The van der Waals surface area contributed by atoms with Crippen LogP contribution in [0.15, 0.2) is 24.3 Å². The molecule has 0 bridgehead atoms. The van der Waals surface area contributed by atoms with Gasteiger partial charge in [0.15, 0.2) is 0 Å². The number of amides is 2. The molecule has 1 aromatic rings. The quantitative estimate of drug-likeness (QED) is 0.0774. The third kappa shape index (κ3) is 21.8. The molecule has 5 nitrogen and oxygen atoms in total. The van der Waals surface area contributed by atoms with Crippen molar-refractivity contribution in [3.63, 3.8) is 0 Å². The number of hydrogen-bond acceptors (Lipinski definition) is 4. The summed E-state index contributed by atoms with van der Waals surface area (Å²) in [7, 11) is 0. The molecule has 1 rings (SSSR count). The highest BCUT2D eigenvalue weighted by molar-refractivity contribution is 7.99. The summed E-state index contributed by atoms with van der Waals surface area (Å²) in [6.45, 7) is 3.66. The van der Waals surface area contributed by atoms with Crippen LogP contribution in [0.1, 0.15) is 122 Å². The Balaban J connectivity index is 1.71. The van der Waals surface area contributed by atoms with E-state index in [0.29, 0.717) is 6.54 Å². The van der Waals surface area contributed by atoms with Gasteiger partial charge < -0.3 is 10.4 Å². The van der Waals surface area contributed by atoms with Crippen LogP contribution in [-0.4, -0.2) is 35.7 Å². The normalized spacial score (nSPS) is 11.0. The average Bonchev–Trinajstić information content (AvgIpc) is 2.88. The summed E-state index contributed by atoms with van der Waals surface area (Å²) >= 11 is 2.17. The Labute approximate surface area is 226 Å². The number of phenolic OH excluding ortho intramolecular Hbond substituents is 1. The fourth-order valence-electron chi connectivity index (χ4n) is 4.26. The van der Waals surface area contributed by atoms with E-state index in [0.717, 1.165) is 24.9 Å². The number of phenols is 1. The Hall–Kier alpha value is -1.40. The largest absolute Gasteiger partial charge is 0.508 e. The van der Waals surface area contributed by atoms with Gasteiger partial charge >= 0.3 is 6.03 Å². The third-order valence-corrected chi connectivity index (χ3v) is 7.72. The molecule has 208 valence electrons. The van der Waals surface area contributed by atoms with Crippen molar-refractivity contribution in [1.29, 1.82) is 0 Å². The first kappa shape index (κ1) is 32.6. The lowest BCUT2D eigenvalue weighted by Gasteiger charge is -2.09. The van der Waals surface area contributed by atoms with Gasteiger partial charge in [-0.1, -0.05) is 109 Å². The highest BCUT2D eigenvalue weighted by atomic mass is 32.2. The van der Waals surface area contributed by atoms with Crippen LogP contribution in [0, 0.1) is 0 Å². The van der Waals surface area contributed by atoms with Crippen molar-refractivity contribution >= 4 is 17.8 Å². The van der Waals surface area contributed by atoms with Gasteiger partial charge in [0.05, 0.1) is 0 Å². The zero-order valence-electron chi connectivity index (χ0n) is 23.1. The van der Waals surface area contributed by atoms with Crippen molar-refractivity contribution < 1.29 is 9.90 Å². The minimum absolute atomic E-state index is 0.170. The number of urea groups is 1. The summed E-state index contributed by atoms with van der Waals surface area (Å²) in [6, 6.07) is 6.95. The van der Waals surface area contributed by atoms with E-state index in [9.17, 15) is 9.90 Å². The molecule has 0 heterocycles. The van der Waals surface area contributed by atoms with Crippen LogP contribution in [0.3, 0.4) is 0 Å². The maximum atomic E-state index is 11.8. The fraction of sp³-hybridized carbons (Fsp3) is 0.767. The number of nitrogens with one attached hydrogen (secondary N) is 3. The second-order valence-electron chi connectivity index (χ2n) is 9.99. The topological polar surface area (TPSA) is 73.4 Å². The number of carbonyl (C=O) groups excluding carboxylic acids is 1. The van der Waals surface area contributed by atoms with E-state index in [4.69, 9.17) is 0 Å². The van der Waals surface area contributed by atoms with E-state index in [1.165, 1.54) is 114 Å². The minimum Gasteiger partial charge on any atom is -0.508 e. The number of carbonyl (C=O) groups is 1. The second kappa shape index (κ2) is 25.3. The molecule has 0 atom stereocenters. The SMILES string of the molecule is CCCCCCCCCCSCCCCCCCCCCCNC(=O)NNCCc1ccc(O)cc1. The third-order valence-electron chi connectivity index (χ3n) is 6.57. The van der Waals surface area contributed by atoms with Gasteiger partial charge in [0, 0.05) is 13.1 Å². The molecule has 0 aliphatic rings. The van der Waals surface area contributed by atoms with Crippen molar-refractivity contribution in [2.75, 3.05) is 24.6 Å². The molecule has 0 saturated carbocycles. The number of benzene rings is 1. The van der Waals surface area contributed by atoms with E-state index < -0.39 is 0 Å². The molecular weight excluding hydrogens is 466 g/mol. The highest BCUT2D eigenvalue weighted by Crippen LogP contribution is 2.14. The maximum absolute atomic E-state index is 11.8. The first-order valence-electron chi connectivity index (χ1n) is 14.8. The van der Waals surface area contributed by atoms with Crippen LogP contribution < -0.4 is 16.2 Å². The minimum atomic E-state index is -0.170. The number of aromatic hydroxyl groups is 1. The van der Waals surface area contributed by atoms with Gasteiger partial charge in [-0.15, -0.1) is 0 Å². The summed E-state index contributed by atoms with van der Waals surface area (Å²) in [6.07, 6.45) is 23.9. The lowest BCUT2D eigenvalue weighted by Crippen LogP contribution is -2.45. The van der Waals surface area contributed by atoms with E-state index >= 15 is 0 Å². The fourth-order valence-corrected chi connectivity index (χ4v) is 5.29. The molecule has 0 aliphatic carbocycles. The average molecular weight is 522 g/mol. The van der Waals surface area contributed by atoms with Gasteiger partial charge in [0.2, 0.25) is 0 Å². The number of rotatable bonds is 25. The molecule has 0 saturated heterocycles. The summed E-state index contributed by atoms with van der Waals surface area (Å²) in [5, 5.41) is 12.2. The highest BCUT2D eigenvalue weighted by Gasteiger charge is 2.00. The van der Waals surface area contributed by atoms with Crippen molar-refractivity contribution in [2.24, 2.45) is 0 Å². The lowest BCUT2D eigenvalue weighted by molar-refractivity contribution is 0.236. The Kier molecular flexibility index (Phi) is 22.9. The smallest absolute Gasteiger partial charge is 0.329 e. The van der Waals surface area contributed by atoms with E-state index in [-0.39, 0.29) is 11.8 Å². The van der Waals surface area contributed by atoms with E-state index in [1.807, 2.05) is 12.1 Å². The van der Waals surface area contributed by atoms with E-state index in [2.05, 4.69) is 34.9 Å². The molecule has 0 aliphatic heterocycles. The molecule has 1 aromatic carbocycles. The Morgan fingerprint density at radius 2 is 1.19 bits per heavy atom. The monoisotopic (exact) mass is 521 g/mol. The van der Waals surface area contributed by atoms with Gasteiger partial charge in [0.1, 0.15) is 5.75 Å². The van der Waals surface area contributed by atoms with Gasteiger partial charge in [-0.05, 0) is 54.9 Å². The predicted molar refractivity (Wildman–Crippen MR) is 158 cm³/mol. The Morgan fingerprint density at radius 1 is 0.694 bits per heavy atom. The number of hydrogen-bond donors (Lipinski definition) is 4. The number of hydrazine groups is 1. The standard InChI is InChI=1S/C30H55N3O2S/c1-2-3-4-5-6-11-14-17-26-36-27-18-15-12-9-7-8-10-13-16-24-31-30(35)33-32-25-23-28-19-21-29(34)22-20-28/h19-22,32,34H,2-18,23-27H2,1H3,(H2,31,33,35). The molecule has 0 aromatic heterocycles. The Morgan fingerprint density at radius 3 is 1.75 bits per heavy atom. The zero-order chi connectivity index (χ0) is 25.9. The van der Waals surface area contributed by atoms with Gasteiger partial charge in [-0.2, -0.15) is 11.8 Å². The van der Waals surface area contributed by atoms with Crippen molar-refractivity contribution in [2.45, 2.75) is 122 Å². The van der Waals surface area contributed by atoms with Crippen molar-refractivity contribution in [1.82, 2.24) is 16.2 Å². The zero-order valence-corrected chi connectivity index (χ0v) is 23.9. The summed E-state index contributed by atoms with van der Waals surface area (Å²) in [5.41, 5.74) is 6.73. The summed E-state index contributed by atoms with van der Waals surface area (Å²) in [5.74, 6) is 2.99. The molecule has 0 fully saturated rings. The molecule has 0 unspecified atom stereocenters. The molecule has 6 heteroatoms. The van der Waals surface area contributed by atoms with Gasteiger partial charge in [-0.3, -0.25) is 5.43 Å². The molecular formula is C30H55N3O2S. The first-order valence-corrected chi connectivity index (χ1v) is 16.0. The number of unbranched alkanes of at least 4 members (excludes halogenated alkanes) is 15. The summed E-state index contributed by atoms with van der Waals surface area (Å²) < 4.78 is 0. The molecule has 36 heavy (non-hydrogen) atoms. The van der Waals surface area contributed by atoms with Crippen LogP contribution in [0.5, 0.6) is 5.75 Å². The number of thioether (sulfide) groups is 1. The van der Waals surface area contributed by atoms with Gasteiger partial charge in [0.25, 0.3) is 0 Å². The molecule has 2 amide bonds. The van der Waals surface area contributed by atoms with Crippen LogP contribution >= 0.6 is 11.8 Å². The van der Waals surface area contributed by atoms with Crippen LogP contribution in [0.25, 0.3) is 0 Å². The van der Waals surface area contributed by atoms with E-state index in [1.54, 1.807) is 12.1 Å². The van der Waals surface area contributed by atoms with Crippen LogP contribution in [-0.2, 0) is 6.42 Å². The second-order valence-corrected chi connectivity index (χ2v) is 11.2. The first-order chi connectivity index (χ1) is 17.7. The van der Waals surface area contributed by atoms with Crippen molar-refractivity contribution in [3.05, 3.63) is 29.8 Å². The Bertz CT molecular complexity index is 613. The predicted octanol–water partition coefficient (Wildman–Crippen LogP) is 8.12. The lowest BCUT2D eigenvalue weighted by atomic mass is 10.1. The maximum Gasteiger partial charge on any atom is 0.329 e. The van der Waals surface area contributed by atoms with Crippen LogP contribution in [0.4, 0.5) is 4.79 Å².